The number of anilines is 1. The molecule has 22 heavy (non-hydrogen) atoms. The minimum Gasteiger partial charge on any atom is -0.360 e. The SMILES string of the molecule is CC(C)CNc1nnc(SCc2cc(=O)n3ccsc3n2)s1. The van der Waals surface area contributed by atoms with Gasteiger partial charge in [0.15, 0.2) is 9.30 Å². The van der Waals surface area contributed by atoms with E-state index in [9.17, 15) is 4.79 Å². The van der Waals surface area contributed by atoms with Gasteiger partial charge in [-0.05, 0) is 5.92 Å². The van der Waals surface area contributed by atoms with E-state index in [2.05, 4.69) is 34.3 Å². The Bertz CT molecular complexity index is 822. The van der Waals surface area contributed by atoms with E-state index in [1.165, 1.54) is 22.7 Å². The molecule has 0 spiro atoms. The molecule has 0 bridgehead atoms. The van der Waals surface area contributed by atoms with Crippen LogP contribution in [0.3, 0.4) is 0 Å². The molecule has 0 atom stereocenters. The van der Waals surface area contributed by atoms with Crippen molar-refractivity contribution < 1.29 is 0 Å². The molecule has 3 aromatic heterocycles. The van der Waals surface area contributed by atoms with Gasteiger partial charge >= 0.3 is 0 Å². The Morgan fingerprint density at radius 2 is 2.27 bits per heavy atom. The minimum absolute atomic E-state index is 0.0431. The highest BCUT2D eigenvalue weighted by molar-refractivity contribution is 8.00. The maximum absolute atomic E-state index is 11.9. The summed E-state index contributed by atoms with van der Waals surface area (Å²) in [4.78, 5) is 17.1. The van der Waals surface area contributed by atoms with E-state index in [4.69, 9.17) is 0 Å². The van der Waals surface area contributed by atoms with Gasteiger partial charge in [0, 0.05) is 29.9 Å². The molecule has 3 rings (SSSR count). The molecule has 0 radical (unpaired) electrons. The third-order valence-electron chi connectivity index (χ3n) is 2.77. The van der Waals surface area contributed by atoms with Crippen LogP contribution in [0.4, 0.5) is 5.13 Å². The minimum atomic E-state index is -0.0431. The summed E-state index contributed by atoms with van der Waals surface area (Å²) in [6.07, 6.45) is 1.74. The van der Waals surface area contributed by atoms with E-state index in [1.54, 1.807) is 28.4 Å². The molecule has 6 nitrogen and oxygen atoms in total. The largest absolute Gasteiger partial charge is 0.360 e. The number of nitrogens with zero attached hydrogens (tertiary/aromatic N) is 4. The van der Waals surface area contributed by atoms with Crippen LogP contribution in [0.1, 0.15) is 19.5 Å². The van der Waals surface area contributed by atoms with Crippen LogP contribution < -0.4 is 10.9 Å². The van der Waals surface area contributed by atoms with Crippen molar-refractivity contribution >= 4 is 44.5 Å². The summed E-state index contributed by atoms with van der Waals surface area (Å²) in [6, 6.07) is 1.58. The van der Waals surface area contributed by atoms with Gasteiger partial charge in [0.05, 0.1) is 5.69 Å². The van der Waals surface area contributed by atoms with Crippen LogP contribution >= 0.6 is 34.4 Å². The van der Waals surface area contributed by atoms with E-state index in [1.807, 2.05) is 5.38 Å². The third kappa shape index (κ3) is 3.65. The predicted molar refractivity (Wildman–Crippen MR) is 92.1 cm³/mol. The highest BCUT2D eigenvalue weighted by Crippen LogP contribution is 2.27. The van der Waals surface area contributed by atoms with E-state index >= 15 is 0 Å². The number of aromatic nitrogens is 4. The number of fused-ring (bicyclic) bond motifs is 1. The van der Waals surface area contributed by atoms with E-state index in [0.29, 0.717) is 11.7 Å². The molecule has 116 valence electrons. The van der Waals surface area contributed by atoms with Gasteiger partial charge in [-0.2, -0.15) is 0 Å². The molecule has 0 saturated carbocycles. The normalized spacial score (nSPS) is 11.4. The highest BCUT2D eigenvalue weighted by Gasteiger charge is 2.08. The Kier molecular flexibility index (Phi) is 4.74. The van der Waals surface area contributed by atoms with Crippen LogP contribution in [0.15, 0.2) is 26.8 Å². The molecule has 9 heteroatoms. The number of hydrogen-bond acceptors (Lipinski definition) is 8. The second-order valence-corrected chi connectivity index (χ2v) is 8.15. The maximum atomic E-state index is 11.9. The van der Waals surface area contributed by atoms with Gasteiger partial charge in [-0.3, -0.25) is 9.20 Å². The zero-order valence-electron chi connectivity index (χ0n) is 12.1. The van der Waals surface area contributed by atoms with Crippen LogP contribution in [0.5, 0.6) is 0 Å². The molecule has 0 unspecified atom stereocenters. The van der Waals surface area contributed by atoms with Crippen LogP contribution in [-0.4, -0.2) is 26.1 Å². The summed E-state index contributed by atoms with van der Waals surface area (Å²) in [6.45, 7) is 5.18. The summed E-state index contributed by atoms with van der Waals surface area (Å²) in [5.74, 6) is 1.18. The molecule has 0 aliphatic heterocycles. The lowest BCUT2D eigenvalue weighted by Gasteiger charge is -2.03. The van der Waals surface area contributed by atoms with Gasteiger partial charge < -0.3 is 5.32 Å². The number of thioether (sulfide) groups is 1. The zero-order chi connectivity index (χ0) is 15.5. The third-order valence-corrected chi connectivity index (χ3v) is 5.57. The van der Waals surface area contributed by atoms with Crippen LogP contribution in [-0.2, 0) is 5.75 Å². The number of rotatable bonds is 6. The highest BCUT2D eigenvalue weighted by atomic mass is 32.2. The fourth-order valence-corrected chi connectivity index (χ4v) is 4.12. The lowest BCUT2D eigenvalue weighted by atomic mass is 10.2. The summed E-state index contributed by atoms with van der Waals surface area (Å²) in [7, 11) is 0. The Morgan fingerprint density at radius 3 is 3.09 bits per heavy atom. The van der Waals surface area contributed by atoms with Crippen molar-refractivity contribution in [2.45, 2.75) is 23.9 Å². The Balaban J connectivity index is 1.65. The molecular formula is C13H15N5OS3. The molecule has 0 aliphatic rings. The Morgan fingerprint density at radius 1 is 1.41 bits per heavy atom. The van der Waals surface area contributed by atoms with Gasteiger partial charge in [0.25, 0.3) is 5.56 Å². The van der Waals surface area contributed by atoms with Crippen molar-refractivity contribution in [3.8, 4) is 0 Å². The van der Waals surface area contributed by atoms with Gasteiger partial charge in [-0.1, -0.05) is 36.9 Å². The molecule has 3 heterocycles. The maximum Gasteiger partial charge on any atom is 0.258 e. The quantitative estimate of drug-likeness (QED) is 0.687. The molecule has 1 N–H and O–H groups in total. The monoisotopic (exact) mass is 353 g/mol. The second kappa shape index (κ2) is 6.76. The summed E-state index contributed by atoms with van der Waals surface area (Å²) in [5, 5.41) is 14.2. The van der Waals surface area contributed by atoms with E-state index < -0.39 is 0 Å². The average molecular weight is 353 g/mol. The van der Waals surface area contributed by atoms with Crippen LogP contribution in [0.2, 0.25) is 0 Å². The molecule has 0 amide bonds. The van der Waals surface area contributed by atoms with Crippen molar-refractivity contribution in [3.05, 3.63) is 33.7 Å². The first-order chi connectivity index (χ1) is 10.6. The van der Waals surface area contributed by atoms with Crippen LogP contribution in [0, 0.1) is 5.92 Å². The zero-order valence-corrected chi connectivity index (χ0v) is 14.6. The first kappa shape index (κ1) is 15.4. The lowest BCUT2D eigenvalue weighted by molar-refractivity contribution is 0.687. The van der Waals surface area contributed by atoms with Crippen molar-refractivity contribution in [1.29, 1.82) is 0 Å². The number of nitrogens with one attached hydrogen (secondary N) is 1. The van der Waals surface area contributed by atoms with Gasteiger partial charge in [0.2, 0.25) is 5.13 Å². The molecule has 3 aromatic rings. The second-order valence-electron chi connectivity index (χ2n) is 5.08. The summed E-state index contributed by atoms with van der Waals surface area (Å²) < 4.78 is 2.43. The topological polar surface area (TPSA) is 72.2 Å². The fraction of sp³-hybridized carbons (Fsp3) is 0.385. The Labute approximate surface area is 139 Å². The standard InChI is InChI=1S/C13H15N5OS3/c1-8(2)6-14-11-16-17-13(22-11)21-7-9-5-10(19)18-3-4-20-12(18)15-9/h3-5,8H,6-7H2,1-2H3,(H,14,16). The van der Waals surface area contributed by atoms with Gasteiger partial charge in [0.1, 0.15) is 0 Å². The smallest absolute Gasteiger partial charge is 0.258 e. The first-order valence-corrected chi connectivity index (χ1v) is 9.46. The molecule has 0 fully saturated rings. The fourth-order valence-electron chi connectivity index (χ4n) is 1.73. The summed E-state index contributed by atoms with van der Waals surface area (Å²) >= 11 is 4.53. The van der Waals surface area contributed by atoms with Crippen molar-refractivity contribution in [2.75, 3.05) is 11.9 Å². The van der Waals surface area contributed by atoms with Crippen molar-refractivity contribution in [3.63, 3.8) is 0 Å². The predicted octanol–water partition coefficient (Wildman–Crippen LogP) is 2.97. The van der Waals surface area contributed by atoms with Crippen molar-refractivity contribution in [2.24, 2.45) is 5.92 Å². The van der Waals surface area contributed by atoms with Crippen LogP contribution in [0.25, 0.3) is 4.96 Å². The Hall–Kier alpha value is -1.45. The molecule has 0 aliphatic carbocycles. The average Bonchev–Trinajstić information content (AvgIpc) is 3.12. The first-order valence-electron chi connectivity index (χ1n) is 6.78. The summed E-state index contributed by atoms with van der Waals surface area (Å²) in [5.41, 5.74) is 0.725. The number of thiazole rings is 1. The molecule has 0 aromatic carbocycles. The van der Waals surface area contributed by atoms with E-state index in [-0.39, 0.29) is 5.56 Å². The van der Waals surface area contributed by atoms with Gasteiger partial charge in [-0.25, -0.2) is 4.98 Å². The van der Waals surface area contributed by atoms with E-state index in [0.717, 1.165) is 26.7 Å². The molecular weight excluding hydrogens is 338 g/mol. The number of hydrogen-bond donors (Lipinski definition) is 1. The van der Waals surface area contributed by atoms with Gasteiger partial charge in [-0.15, -0.1) is 21.5 Å². The lowest BCUT2D eigenvalue weighted by Crippen LogP contribution is -2.12. The molecule has 0 saturated heterocycles. The van der Waals surface area contributed by atoms with Crippen molar-refractivity contribution in [1.82, 2.24) is 19.6 Å².